The number of halogens is 2. The van der Waals surface area contributed by atoms with E-state index >= 15 is 0 Å². The van der Waals surface area contributed by atoms with Gasteiger partial charge in [-0.25, -0.2) is 4.39 Å². The summed E-state index contributed by atoms with van der Waals surface area (Å²) in [7, 11) is 0. The second kappa shape index (κ2) is 5.30. The van der Waals surface area contributed by atoms with Gasteiger partial charge in [0.2, 0.25) is 0 Å². The molecule has 3 atom stereocenters. The average molecular weight is 314 g/mol. The van der Waals surface area contributed by atoms with Crippen LogP contribution < -0.4 is 5.32 Å². The van der Waals surface area contributed by atoms with Crippen molar-refractivity contribution in [2.24, 2.45) is 5.41 Å². The molecule has 1 aliphatic carbocycles. The van der Waals surface area contributed by atoms with Crippen LogP contribution in [0.3, 0.4) is 0 Å². The summed E-state index contributed by atoms with van der Waals surface area (Å²) in [4.78, 5) is 0. The van der Waals surface area contributed by atoms with E-state index in [2.05, 4.69) is 42.0 Å². The Morgan fingerprint density at radius 2 is 2.17 bits per heavy atom. The van der Waals surface area contributed by atoms with Gasteiger partial charge in [0.1, 0.15) is 5.82 Å². The highest BCUT2D eigenvalue weighted by molar-refractivity contribution is 9.10. The van der Waals surface area contributed by atoms with E-state index in [1.807, 2.05) is 12.1 Å². The standard InChI is InChI=1S/C15H21BrFN/c1-4-15(3)11(9-14(15)18-5-2)10-6-7-13(17)12(16)8-10/h6-8,11,14,18H,4-5,9H2,1-3H3. The fourth-order valence-electron chi connectivity index (χ4n) is 3.16. The van der Waals surface area contributed by atoms with Crippen molar-refractivity contribution in [3.05, 3.63) is 34.1 Å². The molecular formula is C15H21BrFN. The average Bonchev–Trinajstić information content (AvgIpc) is 2.36. The van der Waals surface area contributed by atoms with Gasteiger partial charge < -0.3 is 5.32 Å². The number of hydrogen-bond donors (Lipinski definition) is 1. The van der Waals surface area contributed by atoms with Crippen molar-refractivity contribution in [3.63, 3.8) is 0 Å². The van der Waals surface area contributed by atoms with E-state index in [4.69, 9.17) is 0 Å². The lowest BCUT2D eigenvalue weighted by Crippen LogP contribution is -2.56. The van der Waals surface area contributed by atoms with Crippen LogP contribution in [0.15, 0.2) is 22.7 Å². The number of benzene rings is 1. The maximum atomic E-state index is 13.3. The van der Waals surface area contributed by atoms with Crippen molar-refractivity contribution in [2.45, 2.75) is 45.6 Å². The van der Waals surface area contributed by atoms with Crippen molar-refractivity contribution in [1.82, 2.24) is 5.32 Å². The Hall–Kier alpha value is -0.410. The Morgan fingerprint density at radius 1 is 1.44 bits per heavy atom. The molecule has 0 saturated heterocycles. The Morgan fingerprint density at radius 3 is 2.72 bits per heavy atom. The third kappa shape index (κ3) is 2.23. The lowest BCUT2D eigenvalue weighted by molar-refractivity contribution is 0.0454. The van der Waals surface area contributed by atoms with Gasteiger partial charge >= 0.3 is 0 Å². The summed E-state index contributed by atoms with van der Waals surface area (Å²) in [5, 5.41) is 3.56. The van der Waals surface area contributed by atoms with E-state index < -0.39 is 0 Å². The van der Waals surface area contributed by atoms with Crippen LogP contribution in [0.5, 0.6) is 0 Å². The molecule has 0 amide bonds. The minimum absolute atomic E-state index is 0.181. The van der Waals surface area contributed by atoms with E-state index in [0.717, 1.165) is 19.4 Å². The SMILES string of the molecule is CCNC1CC(c2ccc(F)c(Br)c2)C1(C)CC. The lowest BCUT2D eigenvalue weighted by Gasteiger charge is -2.55. The molecule has 1 aromatic rings. The first kappa shape index (κ1) is 14.0. The molecule has 2 rings (SSSR count). The van der Waals surface area contributed by atoms with Gasteiger partial charge in [0.15, 0.2) is 0 Å². The van der Waals surface area contributed by atoms with Crippen LogP contribution in [-0.2, 0) is 0 Å². The quantitative estimate of drug-likeness (QED) is 0.864. The van der Waals surface area contributed by atoms with E-state index in [-0.39, 0.29) is 11.2 Å². The van der Waals surface area contributed by atoms with Gasteiger partial charge in [-0.05, 0) is 64.3 Å². The first-order valence-corrected chi connectivity index (χ1v) is 7.50. The normalized spacial score (nSPS) is 31.2. The zero-order valence-corrected chi connectivity index (χ0v) is 12.8. The molecule has 1 saturated carbocycles. The van der Waals surface area contributed by atoms with Crippen molar-refractivity contribution in [3.8, 4) is 0 Å². The highest BCUT2D eigenvalue weighted by atomic mass is 79.9. The summed E-state index contributed by atoms with van der Waals surface area (Å²) in [5.41, 5.74) is 1.54. The molecule has 1 aromatic carbocycles. The predicted octanol–water partition coefficient (Wildman–Crippen LogP) is 4.47. The zero-order valence-electron chi connectivity index (χ0n) is 11.3. The highest BCUT2D eigenvalue weighted by Gasteiger charge is 2.50. The van der Waals surface area contributed by atoms with E-state index in [0.29, 0.717) is 16.4 Å². The summed E-state index contributed by atoms with van der Waals surface area (Å²) in [6.07, 6.45) is 2.29. The molecule has 18 heavy (non-hydrogen) atoms. The molecule has 1 aliphatic rings. The van der Waals surface area contributed by atoms with Gasteiger partial charge in [0.25, 0.3) is 0 Å². The molecule has 0 heterocycles. The first-order valence-electron chi connectivity index (χ1n) is 6.71. The van der Waals surface area contributed by atoms with E-state index in [9.17, 15) is 4.39 Å². The zero-order chi connectivity index (χ0) is 13.3. The first-order chi connectivity index (χ1) is 8.52. The van der Waals surface area contributed by atoms with Crippen molar-refractivity contribution in [2.75, 3.05) is 6.54 Å². The van der Waals surface area contributed by atoms with E-state index in [1.165, 1.54) is 5.56 Å². The van der Waals surface area contributed by atoms with Gasteiger partial charge in [-0.15, -0.1) is 0 Å². The maximum Gasteiger partial charge on any atom is 0.137 e. The Balaban J connectivity index is 2.22. The monoisotopic (exact) mass is 313 g/mol. The Kier molecular flexibility index (Phi) is 4.12. The van der Waals surface area contributed by atoms with Crippen molar-refractivity contribution >= 4 is 15.9 Å². The fourth-order valence-corrected chi connectivity index (χ4v) is 3.55. The van der Waals surface area contributed by atoms with Crippen LogP contribution in [0.2, 0.25) is 0 Å². The van der Waals surface area contributed by atoms with Crippen LogP contribution >= 0.6 is 15.9 Å². The van der Waals surface area contributed by atoms with Crippen molar-refractivity contribution in [1.29, 1.82) is 0 Å². The molecule has 0 bridgehead atoms. The largest absolute Gasteiger partial charge is 0.314 e. The molecule has 3 unspecified atom stereocenters. The molecule has 1 fully saturated rings. The molecule has 100 valence electrons. The predicted molar refractivity (Wildman–Crippen MR) is 77.3 cm³/mol. The van der Waals surface area contributed by atoms with Crippen LogP contribution in [0.1, 0.15) is 45.1 Å². The minimum atomic E-state index is -0.181. The number of rotatable bonds is 4. The molecule has 0 radical (unpaired) electrons. The second-order valence-electron chi connectivity index (χ2n) is 5.43. The summed E-state index contributed by atoms with van der Waals surface area (Å²) >= 11 is 3.28. The molecule has 0 aromatic heterocycles. The maximum absolute atomic E-state index is 13.3. The molecule has 0 spiro atoms. The molecule has 0 aliphatic heterocycles. The van der Waals surface area contributed by atoms with Gasteiger partial charge in [-0.3, -0.25) is 0 Å². The van der Waals surface area contributed by atoms with Gasteiger partial charge in [-0.2, -0.15) is 0 Å². The Bertz CT molecular complexity index is 435. The summed E-state index contributed by atoms with van der Waals surface area (Å²) < 4.78 is 13.9. The van der Waals surface area contributed by atoms with Crippen LogP contribution in [0, 0.1) is 11.2 Å². The molecule has 1 nitrogen and oxygen atoms in total. The van der Waals surface area contributed by atoms with Crippen LogP contribution in [0.25, 0.3) is 0 Å². The summed E-state index contributed by atoms with van der Waals surface area (Å²) in [5.74, 6) is 0.350. The van der Waals surface area contributed by atoms with E-state index in [1.54, 1.807) is 6.07 Å². The lowest BCUT2D eigenvalue weighted by atomic mass is 9.54. The van der Waals surface area contributed by atoms with Gasteiger partial charge in [0.05, 0.1) is 4.47 Å². The molecular weight excluding hydrogens is 293 g/mol. The highest BCUT2D eigenvalue weighted by Crippen LogP contribution is 2.55. The third-order valence-electron chi connectivity index (χ3n) is 4.62. The van der Waals surface area contributed by atoms with Crippen LogP contribution in [0.4, 0.5) is 4.39 Å². The summed E-state index contributed by atoms with van der Waals surface area (Å²) in [6, 6.07) is 6.02. The summed E-state index contributed by atoms with van der Waals surface area (Å²) in [6.45, 7) is 7.75. The fraction of sp³-hybridized carbons (Fsp3) is 0.600. The number of nitrogens with one attached hydrogen (secondary N) is 1. The molecule has 1 N–H and O–H groups in total. The van der Waals surface area contributed by atoms with Gasteiger partial charge in [0, 0.05) is 6.04 Å². The second-order valence-corrected chi connectivity index (χ2v) is 6.29. The Labute approximate surface area is 117 Å². The van der Waals surface area contributed by atoms with Crippen molar-refractivity contribution < 1.29 is 4.39 Å². The smallest absolute Gasteiger partial charge is 0.137 e. The molecule has 3 heteroatoms. The third-order valence-corrected chi connectivity index (χ3v) is 5.23. The van der Waals surface area contributed by atoms with Gasteiger partial charge in [-0.1, -0.05) is 26.8 Å². The van der Waals surface area contributed by atoms with Crippen LogP contribution in [-0.4, -0.2) is 12.6 Å². The minimum Gasteiger partial charge on any atom is -0.314 e. The number of hydrogen-bond acceptors (Lipinski definition) is 1. The topological polar surface area (TPSA) is 12.0 Å².